The van der Waals surface area contributed by atoms with Crippen LogP contribution in [0.2, 0.25) is 0 Å². The van der Waals surface area contributed by atoms with Gasteiger partial charge in [-0.25, -0.2) is 9.18 Å². The molecule has 4 heteroatoms. The maximum absolute atomic E-state index is 13.6. The number of cyclic esters (lactones) is 1. The molecule has 1 aliphatic carbocycles. The van der Waals surface area contributed by atoms with Crippen molar-refractivity contribution >= 4 is 5.97 Å². The van der Waals surface area contributed by atoms with Gasteiger partial charge in [0.2, 0.25) is 11.9 Å². The Morgan fingerprint density at radius 1 is 1.23 bits per heavy atom. The molecule has 1 aliphatic heterocycles. The predicted molar refractivity (Wildman–Crippen MR) is 80.5 cm³/mol. The minimum Gasteiger partial charge on any atom is -0.433 e. The highest BCUT2D eigenvalue weighted by atomic mass is 19.1. The van der Waals surface area contributed by atoms with E-state index in [1.165, 1.54) is 6.08 Å². The number of hydrogen-bond donors (Lipinski definition) is 0. The average Bonchev–Trinajstić information content (AvgIpc) is 3.04. The lowest BCUT2D eigenvalue weighted by Crippen LogP contribution is -2.41. The fourth-order valence-corrected chi connectivity index (χ4v) is 3.10. The van der Waals surface area contributed by atoms with Gasteiger partial charge in [0, 0.05) is 11.3 Å². The molecular weight excluding hydrogens is 283 g/mol. The number of allylic oxidation sites excluding steroid dienone is 1. The molecule has 3 nitrogen and oxygen atoms in total. The molecule has 0 aromatic heterocycles. The molecule has 2 aliphatic rings. The first-order chi connectivity index (χ1) is 10.3. The van der Waals surface area contributed by atoms with Crippen LogP contribution in [0.3, 0.4) is 0 Å². The van der Waals surface area contributed by atoms with Crippen molar-refractivity contribution in [2.75, 3.05) is 0 Å². The first-order valence-electron chi connectivity index (χ1n) is 7.64. The van der Waals surface area contributed by atoms with E-state index < -0.39 is 17.9 Å². The molecule has 118 valence electrons. The number of carbonyl (C=O) groups is 1. The third-order valence-electron chi connectivity index (χ3n) is 4.32. The predicted octanol–water partition coefficient (Wildman–Crippen LogP) is 4.09. The topological polar surface area (TPSA) is 35.5 Å². The lowest BCUT2D eigenvalue weighted by Gasteiger charge is -2.32. The van der Waals surface area contributed by atoms with Crippen molar-refractivity contribution in [1.82, 2.24) is 0 Å². The number of benzene rings is 1. The van der Waals surface area contributed by atoms with Gasteiger partial charge in [0.15, 0.2) is 0 Å². The Morgan fingerprint density at radius 2 is 1.91 bits per heavy atom. The summed E-state index contributed by atoms with van der Waals surface area (Å²) in [6.45, 7) is 5.87. The summed E-state index contributed by atoms with van der Waals surface area (Å²) in [7, 11) is 0. The first kappa shape index (κ1) is 15.2. The quantitative estimate of drug-likeness (QED) is 0.772. The molecule has 0 radical (unpaired) electrons. The zero-order valence-electron chi connectivity index (χ0n) is 13.1. The number of rotatable bonds is 2. The van der Waals surface area contributed by atoms with Crippen molar-refractivity contribution in [3.63, 3.8) is 0 Å². The number of esters is 1. The van der Waals surface area contributed by atoms with Gasteiger partial charge in [0.1, 0.15) is 0 Å². The Bertz CT molecular complexity index is 603. The zero-order chi connectivity index (χ0) is 16.0. The molecule has 0 amide bonds. The van der Waals surface area contributed by atoms with Gasteiger partial charge in [-0.2, -0.15) is 0 Å². The minimum atomic E-state index is -1.24. The van der Waals surface area contributed by atoms with Gasteiger partial charge in [0.05, 0.1) is 5.83 Å². The Labute approximate surface area is 130 Å². The van der Waals surface area contributed by atoms with Gasteiger partial charge in [-0.1, -0.05) is 51.1 Å². The van der Waals surface area contributed by atoms with E-state index in [9.17, 15) is 9.18 Å². The highest BCUT2D eigenvalue weighted by Gasteiger charge is 2.59. The van der Waals surface area contributed by atoms with Crippen molar-refractivity contribution in [2.24, 2.45) is 11.3 Å². The van der Waals surface area contributed by atoms with E-state index in [-0.39, 0.29) is 17.2 Å². The van der Waals surface area contributed by atoms with Gasteiger partial charge >= 0.3 is 5.97 Å². The summed E-state index contributed by atoms with van der Waals surface area (Å²) in [4.78, 5) is 12.7. The molecule has 0 saturated carbocycles. The molecule has 3 atom stereocenters. The standard InChI is InChI=1S/C18H21FO3/c1-17(2,3)16-21-15(20)18(22-16,12-7-5-4-6-8-12)13-9-10-14(19)11-13/h4-8,11,13,16H,9-10H2,1-3H3/t13-,16+,18+/m1/s1. The molecule has 1 heterocycles. The monoisotopic (exact) mass is 304 g/mol. The second-order valence-electron chi connectivity index (χ2n) is 7.08. The van der Waals surface area contributed by atoms with Crippen LogP contribution < -0.4 is 0 Å². The van der Waals surface area contributed by atoms with Crippen molar-refractivity contribution in [1.29, 1.82) is 0 Å². The van der Waals surface area contributed by atoms with Gasteiger partial charge in [0.25, 0.3) is 0 Å². The van der Waals surface area contributed by atoms with E-state index in [4.69, 9.17) is 9.47 Å². The van der Waals surface area contributed by atoms with Crippen LogP contribution in [0.15, 0.2) is 42.2 Å². The lowest BCUT2D eigenvalue weighted by molar-refractivity contribution is -0.159. The zero-order valence-corrected chi connectivity index (χ0v) is 13.1. The summed E-state index contributed by atoms with van der Waals surface area (Å²) in [6, 6.07) is 9.27. The van der Waals surface area contributed by atoms with Gasteiger partial charge in [-0.3, -0.25) is 0 Å². The van der Waals surface area contributed by atoms with Crippen LogP contribution in [0.4, 0.5) is 4.39 Å². The SMILES string of the molecule is CC(C)(C)[C@H]1OC(=O)[C@](c2ccccc2)([C@H]2C=C(F)CC2)O1. The molecule has 3 rings (SSSR count). The first-order valence-corrected chi connectivity index (χ1v) is 7.64. The molecule has 1 saturated heterocycles. The highest BCUT2D eigenvalue weighted by molar-refractivity contribution is 5.84. The smallest absolute Gasteiger partial charge is 0.346 e. The number of ether oxygens (including phenoxy) is 2. The fraction of sp³-hybridized carbons (Fsp3) is 0.500. The Kier molecular flexibility index (Phi) is 3.60. The Hall–Kier alpha value is -1.68. The summed E-state index contributed by atoms with van der Waals surface area (Å²) >= 11 is 0. The molecule has 0 bridgehead atoms. The Morgan fingerprint density at radius 3 is 2.41 bits per heavy atom. The van der Waals surface area contributed by atoms with Crippen molar-refractivity contribution in [2.45, 2.75) is 45.5 Å². The molecule has 1 fully saturated rings. The highest BCUT2D eigenvalue weighted by Crippen LogP contribution is 2.49. The molecule has 1 aromatic rings. The molecule has 0 unspecified atom stereocenters. The van der Waals surface area contributed by atoms with Crippen LogP contribution in [-0.4, -0.2) is 12.3 Å². The molecule has 0 spiro atoms. The fourth-order valence-electron chi connectivity index (χ4n) is 3.10. The number of hydrogen-bond acceptors (Lipinski definition) is 3. The average molecular weight is 304 g/mol. The van der Waals surface area contributed by atoms with Crippen LogP contribution >= 0.6 is 0 Å². The van der Waals surface area contributed by atoms with E-state index >= 15 is 0 Å². The third kappa shape index (κ3) is 2.35. The molecule has 22 heavy (non-hydrogen) atoms. The van der Waals surface area contributed by atoms with Crippen LogP contribution in [0.1, 0.15) is 39.2 Å². The van der Waals surface area contributed by atoms with Crippen LogP contribution in [0, 0.1) is 11.3 Å². The molecule has 0 N–H and O–H groups in total. The van der Waals surface area contributed by atoms with E-state index in [1.807, 2.05) is 51.1 Å². The second-order valence-corrected chi connectivity index (χ2v) is 7.08. The van der Waals surface area contributed by atoms with Gasteiger partial charge < -0.3 is 9.47 Å². The largest absolute Gasteiger partial charge is 0.433 e. The van der Waals surface area contributed by atoms with Crippen LogP contribution in [0.5, 0.6) is 0 Å². The normalized spacial score (nSPS) is 32.0. The number of halogens is 1. The minimum absolute atomic E-state index is 0.184. The van der Waals surface area contributed by atoms with E-state index in [0.717, 1.165) is 5.56 Å². The Balaban J connectivity index is 2.07. The van der Waals surface area contributed by atoms with Crippen LogP contribution in [0.25, 0.3) is 0 Å². The molecular formula is C18H21FO3. The van der Waals surface area contributed by atoms with Gasteiger partial charge in [-0.15, -0.1) is 0 Å². The maximum Gasteiger partial charge on any atom is 0.346 e. The third-order valence-corrected chi connectivity index (χ3v) is 4.32. The van der Waals surface area contributed by atoms with Gasteiger partial charge in [-0.05, 0) is 24.5 Å². The summed E-state index contributed by atoms with van der Waals surface area (Å²) in [5, 5.41) is 0. The summed E-state index contributed by atoms with van der Waals surface area (Å²) in [5.41, 5.74) is -0.859. The maximum atomic E-state index is 13.6. The lowest BCUT2D eigenvalue weighted by atomic mass is 9.80. The van der Waals surface area contributed by atoms with Crippen molar-refractivity contribution in [3.8, 4) is 0 Å². The summed E-state index contributed by atoms with van der Waals surface area (Å²) in [6.07, 6.45) is 1.76. The summed E-state index contributed by atoms with van der Waals surface area (Å²) in [5.74, 6) is -0.944. The summed E-state index contributed by atoms with van der Waals surface area (Å²) < 4.78 is 25.3. The second kappa shape index (κ2) is 5.20. The van der Waals surface area contributed by atoms with Crippen molar-refractivity contribution < 1.29 is 18.7 Å². The number of carbonyl (C=O) groups excluding carboxylic acids is 1. The van der Waals surface area contributed by atoms with E-state index in [2.05, 4.69) is 0 Å². The van der Waals surface area contributed by atoms with E-state index in [0.29, 0.717) is 12.8 Å². The van der Waals surface area contributed by atoms with E-state index in [1.54, 1.807) is 0 Å². The van der Waals surface area contributed by atoms with Crippen molar-refractivity contribution in [3.05, 3.63) is 47.8 Å². The van der Waals surface area contributed by atoms with Crippen LogP contribution in [-0.2, 0) is 19.9 Å². The molecule has 1 aromatic carbocycles.